The number of benzene rings is 6. The molecule has 10 nitrogen and oxygen atoms in total. The molecule has 0 radical (unpaired) electrons. The number of methoxy groups -OCH3 is 3. The predicted molar refractivity (Wildman–Crippen MR) is 265 cm³/mol. The molecule has 0 amide bonds. The van der Waals surface area contributed by atoms with E-state index in [1.54, 1.807) is 21.3 Å². The highest BCUT2D eigenvalue weighted by Crippen LogP contribution is 2.37. The van der Waals surface area contributed by atoms with Crippen LogP contribution in [0.2, 0.25) is 0 Å². The second-order valence-corrected chi connectivity index (χ2v) is 18.1. The van der Waals surface area contributed by atoms with E-state index >= 15 is 0 Å². The number of rotatable bonds is 3. The first-order valence-electron chi connectivity index (χ1n) is 24.1. The van der Waals surface area contributed by atoms with Gasteiger partial charge in [0, 0.05) is 36.3 Å². The first-order chi connectivity index (χ1) is 33.0. The molecule has 350 valence electrons. The fraction of sp³-hybridized carbons (Fsp3) is 0.368. The van der Waals surface area contributed by atoms with E-state index in [9.17, 15) is 0 Å². The van der Waals surface area contributed by atoms with Gasteiger partial charge in [-0.05, 0) is 201 Å². The van der Waals surface area contributed by atoms with Gasteiger partial charge in [0.2, 0.25) is 0 Å². The molecule has 0 aromatic heterocycles. The van der Waals surface area contributed by atoms with Crippen molar-refractivity contribution < 1.29 is 28.4 Å². The van der Waals surface area contributed by atoms with E-state index in [0.29, 0.717) is 39.1 Å². The fourth-order valence-electron chi connectivity index (χ4n) is 9.58. The molecule has 0 unspecified atom stereocenters. The molecule has 21 heterocycles. The predicted octanol–water partition coefficient (Wildman–Crippen LogP) is 9.30. The van der Waals surface area contributed by atoms with Crippen molar-refractivity contribution in [2.75, 3.05) is 60.6 Å². The standard InChI is InChI=1S/C57H66N4O6/c1-62-55-31-46-25-44-29-50-38-66-53-15-9-41(10-16-53)35-59-20-5-23-61-22-4-19-58-34-40-7-13-52(14-8-40)65-37-49(55)28-43(46)26-47-32-56(63-2)51(30-45(47)27-48(44)33-57(50)64-3)39-67-54-17-11-42(12-18-54)36-60-21-6-24-61/h7-18,28-33,58-60H,4-6,19-27,34-39H2,1-3H3. The molecule has 6 aromatic carbocycles. The third-order valence-electron chi connectivity index (χ3n) is 13.4. The Morgan fingerprint density at radius 2 is 0.657 bits per heavy atom. The Kier molecular flexibility index (Phi) is 15.6. The molecule has 6 aromatic rings. The van der Waals surface area contributed by atoms with Crippen LogP contribution >= 0.6 is 0 Å². The minimum Gasteiger partial charge on any atom is -0.496 e. The van der Waals surface area contributed by atoms with E-state index in [1.807, 2.05) is 0 Å². The molecular formula is C57H66N4O6. The van der Waals surface area contributed by atoms with Gasteiger partial charge in [0.15, 0.2) is 0 Å². The van der Waals surface area contributed by atoms with Gasteiger partial charge in [-0.25, -0.2) is 0 Å². The van der Waals surface area contributed by atoms with Gasteiger partial charge < -0.3 is 49.3 Å². The highest BCUT2D eigenvalue weighted by atomic mass is 16.5. The van der Waals surface area contributed by atoms with Crippen molar-refractivity contribution in [2.24, 2.45) is 0 Å². The van der Waals surface area contributed by atoms with Crippen LogP contribution in [-0.2, 0) is 58.7 Å². The Labute approximate surface area is 396 Å². The fourth-order valence-corrected chi connectivity index (χ4v) is 9.58. The largest absolute Gasteiger partial charge is 0.496 e. The molecule has 28 rings (SSSR count). The van der Waals surface area contributed by atoms with E-state index in [4.69, 9.17) is 28.4 Å². The summed E-state index contributed by atoms with van der Waals surface area (Å²) in [6.07, 6.45) is 5.39. The molecule has 3 N–H and O–H groups in total. The summed E-state index contributed by atoms with van der Waals surface area (Å²) in [6, 6.07) is 38.9. The Morgan fingerprint density at radius 1 is 0.373 bits per heavy atom. The number of fused-ring (bicyclic) bond motifs is 1. The number of hydrogen-bond acceptors (Lipinski definition) is 10. The third-order valence-corrected chi connectivity index (χ3v) is 13.4. The van der Waals surface area contributed by atoms with E-state index in [-0.39, 0.29) is 0 Å². The topological polar surface area (TPSA) is 94.7 Å². The van der Waals surface area contributed by atoms with Crippen molar-refractivity contribution in [3.8, 4) is 34.5 Å². The number of nitrogens with zero attached hydrogens (tertiary/aromatic N) is 1. The second kappa shape index (κ2) is 22.6. The molecule has 0 fully saturated rings. The van der Waals surface area contributed by atoms with E-state index in [2.05, 4.69) is 130 Å². The molecule has 0 spiro atoms. The molecule has 0 saturated carbocycles. The summed E-state index contributed by atoms with van der Waals surface area (Å²) in [7, 11) is 5.24. The lowest BCUT2D eigenvalue weighted by Gasteiger charge is -2.23. The van der Waals surface area contributed by atoms with Gasteiger partial charge in [-0.3, -0.25) is 0 Å². The van der Waals surface area contributed by atoms with Gasteiger partial charge in [0.05, 0.1) is 21.3 Å². The van der Waals surface area contributed by atoms with Gasteiger partial charge in [-0.1, -0.05) is 36.4 Å². The van der Waals surface area contributed by atoms with Crippen molar-refractivity contribution >= 4 is 0 Å². The molecule has 1 aliphatic carbocycles. The van der Waals surface area contributed by atoms with Crippen molar-refractivity contribution in [2.45, 2.75) is 78.0 Å². The Morgan fingerprint density at radius 3 is 0.940 bits per heavy atom. The zero-order chi connectivity index (χ0) is 45.8. The molecular weight excluding hydrogens is 837 g/mol. The quantitative estimate of drug-likeness (QED) is 0.159. The highest BCUT2D eigenvalue weighted by molar-refractivity contribution is 5.55. The molecule has 16 bridgehead atoms. The van der Waals surface area contributed by atoms with Crippen molar-refractivity contribution in [1.82, 2.24) is 20.9 Å². The first-order valence-corrected chi connectivity index (χ1v) is 24.1. The number of ether oxygens (including phenoxy) is 6. The average molecular weight is 903 g/mol. The van der Waals surface area contributed by atoms with Crippen molar-refractivity contribution in [1.29, 1.82) is 0 Å². The summed E-state index contributed by atoms with van der Waals surface area (Å²) in [5, 5.41) is 11.1. The van der Waals surface area contributed by atoms with Crippen LogP contribution < -0.4 is 44.4 Å². The van der Waals surface area contributed by atoms with Crippen LogP contribution in [0.25, 0.3) is 0 Å². The normalized spacial score (nSPS) is 16.5. The van der Waals surface area contributed by atoms with E-state index in [1.165, 1.54) is 50.1 Å². The molecule has 0 saturated heterocycles. The van der Waals surface area contributed by atoms with Gasteiger partial charge in [-0.15, -0.1) is 0 Å². The highest BCUT2D eigenvalue weighted by Gasteiger charge is 2.22. The van der Waals surface area contributed by atoms with Gasteiger partial charge in [0.25, 0.3) is 0 Å². The average Bonchev–Trinajstić information content (AvgIpc) is 3.41. The lowest BCUT2D eigenvalue weighted by molar-refractivity contribution is 0.260. The zero-order valence-corrected chi connectivity index (χ0v) is 39.5. The second-order valence-electron chi connectivity index (χ2n) is 18.1. The number of nitrogens with one attached hydrogen (secondary N) is 3. The Bertz CT molecular complexity index is 2280. The third kappa shape index (κ3) is 12.1. The van der Waals surface area contributed by atoms with E-state index < -0.39 is 0 Å². The Hall–Kier alpha value is -6.04. The minimum absolute atomic E-state index is 0.375. The summed E-state index contributed by atoms with van der Waals surface area (Å²) in [5.41, 5.74) is 13.9. The summed E-state index contributed by atoms with van der Waals surface area (Å²) in [5.74, 6) is 4.90. The van der Waals surface area contributed by atoms with Crippen molar-refractivity contribution in [3.63, 3.8) is 0 Å². The summed E-state index contributed by atoms with van der Waals surface area (Å²) in [6.45, 7) is 9.63. The maximum Gasteiger partial charge on any atom is 0.125 e. The summed E-state index contributed by atoms with van der Waals surface area (Å²) >= 11 is 0. The minimum atomic E-state index is 0.375. The monoisotopic (exact) mass is 902 g/mol. The van der Waals surface area contributed by atoms with Crippen LogP contribution in [-0.4, -0.2) is 65.5 Å². The van der Waals surface area contributed by atoms with Gasteiger partial charge in [-0.2, -0.15) is 0 Å². The maximum atomic E-state index is 6.49. The van der Waals surface area contributed by atoms with Gasteiger partial charge in [0.1, 0.15) is 54.3 Å². The van der Waals surface area contributed by atoms with Crippen LogP contribution in [0.3, 0.4) is 0 Å². The molecule has 67 heavy (non-hydrogen) atoms. The lowest BCUT2D eigenvalue weighted by Crippen LogP contribution is -2.32. The molecule has 10 heteroatoms. The van der Waals surface area contributed by atoms with Gasteiger partial charge >= 0.3 is 0 Å². The SMILES string of the molecule is COc1cc2c3cc1COc1ccc(cc1)CNCCCN1CCCNCc4ccc(cc4)OCc4cc(c(cc4OC)Cc4cc(c(OC)cc4C3)COc3ccc(cc3)CNCCC1)C2. The maximum absolute atomic E-state index is 6.49. The summed E-state index contributed by atoms with van der Waals surface area (Å²) in [4.78, 5) is 2.63. The van der Waals surface area contributed by atoms with Crippen molar-refractivity contribution in [3.05, 3.63) is 176 Å². The van der Waals surface area contributed by atoms with Crippen LogP contribution in [0.15, 0.2) is 109 Å². The van der Waals surface area contributed by atoms with Crippen LogP contribution in [0.4, 0.5) is 0 Å². The smallest absolute Gasteiger partial charge is 0.125 e. The van der Waals surface area contributed by atoms with Crippen LogP contribution in [0.5, 0.6) is 34.5 Å². The molecule has 22 aliphatic rings. The summed E-state index contributed by atoms with van der Waals surface area (Å²) < 4.78 is 37.8. The molecule has 21 aliphatic heterocycles. The Balaban J connectivity index is 1.12. The zero-order valence-electron chi connectivity index (χ0n) is 39.5. The molecule has 0 atom stereocenters. The number of hydrogen-bond donors (Lipinski definition) is 3. The lowest BCUT2D eigenvalue weighted by atomic mass is 9.92. The first kappa shape index (κ1) is 46.1. The van der Waals surface area contributed by atoms with Crippen LogP contribution in [0.1, 0.15) is 86.0 Å². The van der Waals surface area contributed by atoms with Crippen LogP contribution in [0, 0.1) is 0 Å². The van der Waals surface area contributed by atoms with E-state index in [0.717, 1.165) is 129 Å².